The van der Waals surface area contributed by atoms with Crippen LogP contribution in [-0.4, -0.2) is 23.1 Å². The molecule has 1 heterocycles. The Morgan fingerprint density at radius 1 is 1.59 bits per heavy atom. The average molecular weight is 256 g/mol. The molecule has 1 aliphatic rings. The van der Waals surface area contributed by atoms with Gasteiger partial charge in [-0.15, -0.1) is 0 Å². The van der Waals surface area contributed by atoms with E-state index in [1.54, 1.807) is 6.20 Å². The van der Waals surface area contributed by atoms with Gasteiger partial charge in [0.1, 0.15) is 5.02 Å². The van der Waals surface area contributed by atoms with Crippen molar-refractivity contribution < 1.29 is 0 Å². The molecule has 1 saturated carbocycles. The maximum Gasteiger partial charge on any atom is 0.239 e. The molecule has 1 fully saturated rings. The van der Waals surface area contributed by atoms with Crippen molar-refractivity contribution in [1.82, 2.24) is 9.97 Å². The summed E-state index contributed by atoms with van der Waals surface area (Å²) < 4.78 is 0. The number of nitrogens with one attached hydrogen (secondary N) is 1. The minimum absolute atomic E-state index is 0.399. The smallest absolute Gasteiger partial charge is 0.239 e. The lowest BCUT2D eigenvalue weighted by molar-refractivity contribution is 0.318. The zero-order chi connectivity index (χ0) is 12.3. The number of halogens is 1. The van der Waals surface area contributed by atoms with E-state index in [0.717, 1.165) is 24.8 Å². The third-order valence-electron chi connectivity index (χ3n) is 3.24. The van der Waals surface area contributed by atoms with Crippen LogP contribution in [-0.2, 0) is 0 Å². The minimum atomic E-state index is 0.399. The van der Waals surface area contributed by atoms with Gasteiger partial charge in [-0.05, 0) is 25.7 Å². The molecule has 1 aromatic rings. The zero-order valence-corrected chi connectivity index (χ0v) is 10.7. The molecule has 0 radical (unpaired) electrons. The molecule has 0 aromatic carbocycles. The zero-order valence-electron chi connectivity index (χ0n) is 9.99. The maximum absolute atomic E-state index is 6.14. The highest BCUT2D eigenvalue weighted by Crippen LogP contribution is 2.30. The molecule has 1 aromatic heterocycles. The van der Waals surface area contributed by atoms with Crippen molar-refractivity contribution in [1.29, 1.82) is 0 Å². The van der Waals surface area contributed by atoms with E-state index in [0.29, 0.717) is 11.0 Å². The van der Waals surface area contributed by atoms with Crippen molar-refractivity contribution in [3.8, 4) is 0 Å². The fourth-order valence-electron chi connectivity index (χ4n) is 2.00. The van der Waals surface area contributed by atoms with Crippen molar-refractivity contribution in [2.45, 2.75) is 26.2 Å². The van der Waals surface area contributed by atoms with Gasteiger partial charge in [-0.2, -0.15) is 4.98 Å². The first-order valence-corrected chi connectivity index (χ1v) is 6.36. The summed E-state index contributed by atoms with van der Waals surface area (Å²) in [7, 11) is 0. The lowest BCUT2D eigenvalue weighted by atomic mass is 9.85. The molecule has 17 heavy (non-hydrogen) atoms. The van der Waals surface area contributed by atoms with Gasteiger partial charge in [-0.3, -0.25) is 5.43 Å². The van der Waals surface area contributed by atoms with Crippen molar-refractivity contribution in [3.05, 3.63) is 11.2 Å². The van der Waals surface area contributed by atoms with Gasteiger partial charge >= 0.3 is 0 Å². The number of hydrogen-bond acceptors (Lipinski definition) is 5. The first-order chi connectivity index (χ1) is 8.24. The van der Waals surface area contributed by atoms with E-state index >= 15 is 0 Å². The summed E-state index contributed by atoms with van der Waals surface area (Å²) in [5.74, 6) is 7.25. The molecule has 0 atom stereocenters. The summed E-state index contributed by atoms with van der Waals surface area (Å²) in [6.07, 6.45) is 5.54. The molecule has 0 saturated heterocycles. The number of nitrogens with zero attached hydrogens (tertiary/aromatic N) is 3. The summed E-state index contributed by atoms with van der Waals surface area (Å²) in [5, 5.41) is 0.574. The van der Waals surface area contributed by atoms with Crippen LogP contribution in [0, 0.1) is 5.92 Å². The minimum Gasteiger partial charge on any atom is -0.355 e. The Morgan fingerprint density at radius 3 is 2.88 bits per heavy atom. The molecule has 6 heteroatoms. The van der Waals surface area contributed by atoms with Crippen LogP contribution in [0.4, 0.5) is 11.8 Å². The largest absolute Gasteiger partial charge is 0.355 e. The van der Waals surface area contributed by atoms with Crippen LogP contribution in [0.1, 0.15) is 26.2 Å². The highest BCUT2D eigenvalue weighted by Gasteiger charge is 2.22. The Kier molecular flexibility index (Phi) is 4.02. The highest BCUT2D eigenvalue weighted by atomic mass is 35.5. The molecule has 0 amide bonds. The Bertz CT molecular complexity index is 380. The Morgan fingerprint density at radius 2 is 2.35 bits per heavy atom. The predicted molar refractivity (Wildman–Crippen MR) is 70.1 cm³/mol. The van der Waals surface area contributed by atoms with Gasteiger partial charge in [0.05, 0.1) is 6.20 Å². The van der Waals surface area contributed by atoms with E-state index < -0.39 is 0 Å². The number of hydrazine groups is 1. The number of nitrogen functional groups attached to an aromatic ring is 1. The molecule has 0 bridgehead atoms. The van der Waals surface area contributed by atoms with Crippen molar-refractivity contribution >= 4 is 23.4 Å². The number of hydrogen-bond donors (Lipinski definition) is 2. The first-order valence-electron chi connectivity index (χ1n) is 5.98. The van der Waals surface area contributed by atoms with Crippen LogP contribution in [0.2, 0.25) is 5.02 Å². The molecular weight excluding hydrogens is 238 g/mol. The summed E-state index contributed by atoms with van der Waals surface area (Å²) in [4.78, 5) is 10.5. The lowest BCUT2D eigenvalue weighted by Gasteiger charge is -2.32. The topological polar surface area (TPSA) is 67.1 Å². The number of anilines is 2. The summed E-state index contributed by atoms with van der Waals surface area (Å²) in [6.45, 7) is 4.00. The second kappa shape index (κ2) is 5.51. The molecule has 2 rings (SSSR count). The molecule has 0 aliphatic heterocycles. The molecule has 0 spiro atoms. The Hall–Kier alpha value is -1.07. The normalized spacial score (nSPS) is 15.5. The molecule has 0 unspecified atom stereocenters. The van der Waals surface area contributed by atoms with Gasteiger partial charge in [0, 0.05) is 13.1 Å². The van der Waals surface area contributed by atoms with Crippen molar-refractivity contribution in [2.75, 3.05) is 23.4 Å². The van der Waals surface area contributed by atoms with Crippen LogP contribution in [0.15, 0.2) is 6.20 Å². The molecule has 94 valence electrons. The second-order valence-corrected chi connectivity index (χ2v) is 4.75. The van der Waals surface area contributed by atoms with Gasteiger partial charge in [-0.25, -0.2) is 10.8 Å². The molecular formula is C11H18ClN5. The van der Waals surface area contributed by atoms with Gasteiger partial charge in [0.2, 0.25) is 5.95 Å². The molecule has 3 N–H and O–H groups in total. The van der Waals surface area contributed by atoms with Gasteiger partial charge in [-0.1, -0.05) is 18.0 Å². The first kappa shape index (κ1) is 12.4. The Balaban J connectivity index is 2.15. The standard InChI is InChI=1S/C11H18ClN5/c1-2-17(7-8-4-3-5-8)10-9(12)6-14-11(15-10)16-13/h6,8H,2-5,7,13H2,1H3,(H,14,15,16). The van der Waals surface area contributed by atoms with Crippen LogP contribution in [0.3, 0.4) is 0 Å². The number of aromatic nitrogens is 2. The van der Waals surface area contributed by atoms with Gasteiger partial charge in [0.25, 0.3) is 0 Å². The van der Waals surface area contributed by atoms with E-state index in [1.807, 2.05) is 0 Å². The quantitative estimate of drug-likeness (QED) is 0.623. The van der Waals surface area contributed by atoms with Gasteiger partial charge in [0.15, 0.2) is 5.82 Å². The van der Waals surface area contributed by atoms with Crippen LogP contribution >= 0.6 is 11.6 Å². The molecule has 1 aliphatic carbocycles. The SMILES string of the molecule is CCN(CC1CCC1)c1nc(NN)ncc1Cl. The number of rotatable bonds is 5. The maximum atomic E-state index is 6.14. The third kappa shape index (κ3) is 2.79. The predicted octanol–water partition coefficient (Wildman–Crippen LogP) is 2.04. The van der Waals surface area contributed by atoms with Crippen LogP contribution in [0.25, 0.3) is 0 Å². The lowest BCUT2D eigenvalue weighted by Crippen LogP contribution is -2.33. The van der Waals surface area contributed by atoms with E-state index in [2.05, 4.69) is 27.2 Å². The van der Waals surface area contributed by atoms with E-state index in [9.17, 15) is 0 Å². The highest BCUT2D eigenvalue weighted by molar-refractivity contribution is 6.32. The monoisotopic (exact) mass is 255 g/mol. The summed E-state index contributed by atoms with van der Waals surface area (Å²) >= 11 is 6.14. The average Bonchev–Trinajstić information content (AvgIpc) is 2.29. The number of nitrogens with two attached hydrogens (primary N) is 1. The van der Waals surface area contributed by atoms with E-state index in [-0.39, 0.29) is 0 Å². The van der Waals surface area contributed by atoms with E-state index in [4.69, 9.17) is 17.4 Å². The third-order valence-corrected chi connectivity index (χ3v) is 3.51. The van der Waals surface area contributed by atoms with Crippen LogP contribution < -0.4 is 16.2 Å². The van der Waals surface area contributed by atoms with Gasteiger partial charge < -0.3 is 4.90 Å². The summed E-state index contributed by atoms with van der Waals surface area (Å²) in [5.41, 5.74) is 2.45. The summed E-state index contributed by atoms with van der Waals surface area (Å²) in [6, 6.07) is 0. The molecule has 5 nitrogen and oxygen atoms in total. The Labute approximate surface area is 106 Å². The van der Waals surface area contributed by atoms with Crippen molar-refractivity contribution in [2.24, 2.45) is 11.8 Å². The van der Waals surface area contributed by atoms with Crippen LogP contribution in [0.5, 0.6) is 0 Å². The second-order valence-electron chi connectivity index (χ2n) is 4.35. The fourth-order valence-corrected chi connectivity index (χ4v) is 2.21. The fraction of sp³-hybridized carbons (Fsp3) is 0.636. The van der Waals surface area contributed by atoms with Crippen molar-refractivity contribution in [3.63, 3.8) is 0 Å². The van der Waals surface area contributed by atoms with E-state index in [1.165, 1.54) is 19.3 Å².